The van der Waals surface area contributed by atoms with E-state index in [9.17, 15) is 9.18 Å². The summed E-state index contributed by atoms with van der Waals surface area (Å²) in [5, 5.41) is 8.96. The summed E-state index contributed by atoms with van der Waals surface area (Å²) in [5.41, 5.74) is 0. The Labute approximate surface area is 86.0 Å². The minimum atomic E-state index is -1.09. The summed E-state index contributed by atoms with van der Waals surface area (Å²) in [6.45, 7) is 0. The van der Waals surface area contributed by atoms with Crippen molar-refractivity contribution in [2.24, 2.45) is 0 Å². The Balaban J connectivity index is 2.76. The number of aromatic nitrogens is 2. The molecule has 0 saturated heterocycles. The average Bonchev–Trinajstić information content (AvgIpc) is 2.47. The molecule has 0 saturated carbocycles. The monoisotopic (exact) mass is 232 g/mol. The minimum absolute atomic E-state index is 0.0572. The van der Waals surface area contributed by atoms with Crippen LogP contribution in [0.3, 0.4) is 0 Å². The van der Waals surface area contributed by atoms with Crippen LogP contribution >= 0.6 is 22.9 Å². The summed E-state index contributed by atoms with van der Waals surface area (Å²) in [6, 6.07) is 1.32. The molecule has 0 aliphatic heterocycles. The Morgan fingerprint density at radius 2 is 2.29 bits per heavy atom. The van der Waals surface area contributed by atoms with Gasteiger partial charge >= 0.3 is 12.0 Å². The highest BCUT2D eigenvalue weighted by molar-refractivity contribution is 7.20. The number of carbonyl (C=O) groups is 1. The summed E-state index contributed by atoms with van der Waals surface area (Å²) in [7, 11) is 0. The fourth-order valence-electron chi connectivity index (χ4n) is 0.968. The van der Waals surface area contributed by atoms with Gasteiger partial charge in [0.25, 0.3) is 0 Å². The Morgan fingerprint density at radius 1 is 1.57 bits per heavy atom. The Bertz CT molecular complexity index is 528. The number of hydrogen-bond donors (Lipinski definition) is 1. The molecule has 4 nitrogen and oxygen atoms in total. The molecule has 2 aromatic rings. The molecule has 72 valence electrons. The Kier molecular flexibility index (Phi) is 2.09. The number of halogens is 2. The third-order valence-electron chi connectivity index (χ3n) is 1.53. The van der Waals surface area contributed by atoms with E-state index in [1.807, 2.05) is 0 Å². The van der Waals surface area contributed by atoms with E-state index in [0.717, 1.165) is 11.3 Å². The molecule has 0 atom stereocenters. The highest BCUT2D eigenvalue weighted by Crippen LogP contribution is 2.28. The number of hydrogen-bond acceptors (Lipinski definition) is 4. The number of carboxylic acids is 1. The van der Waals surface area contributed by atoms with Gasteiger partial charge in [0.15, 0.2) is 0 Å². The van der Waals surface area contributed by atoms with E-state index in [0.29, 0.717) is 5.39 Å². The summed E-state index contributed by atoms with van der Waals surface area (Å²) in [5.74, 6) is -1.09. The molecule has 0 unspecified atom stereocenters. The quantitative estimate of drug-likeness (QED) is 0.605. The second kappa shape index (κ2) is 3.14. The summed E-state index contributed by atoms with van der Waals surface area (Å²) < 4.78 is 12.7. The predicted molar refractivity (Wildman–Crippen MR) is 49.3 cm³/mol. The van der Waals surface area contributed by atoms with E-state index in [-0.39, 0.29) is 14.9 Å². The fraction of sp³-hybridized carbons (Fsp3) is 0. The maximum absolute atomic E-state index is 12.7. The molecule has 0 aliphatic carbocycles. The van der Waals surface area contributed by atoms with Crippen LogP contribution in [0.2, 0.25) is 5.15 Å². The SMILES string of the molecule is O=C(O)c1cc2c(Cl)nc(F)nc2s1. The first-order valence-electron chi connectivity index (χ1n) is 3.44. The zero-order valence-electron chi connectivity index (χ0n) is 6.49. The van der Waals surface area contributed by atoms with E-state index in [1.165, 1.54) is 6.07 Å². The average molecular weight is 233 g/mol. The number of fused-ring (bicyclic) bond motifs is 1. The highest BCUT2D eigenvalue weighted by atomic mass is 35.5. The van der Waals surface area contributed by atoms with Crippen LogP contribution in [0.5, 0.6) is 0 Å². The molecule has 0 spiro atoms. The minimum Gasteiger partial charge on any atom is -0.477 e. The van der Waals surface area contributed by atoms with Gasteiger partial charge in [0.05, 0.1) is 0 Å². The van der Waals surface area contributed by atoms with E-state index >= 15 is 0 Å². The zero-order valence-corrected chi connectivity index (χ0v) is 8.06. The Morgan fingerprint density at radius 3 is 2.93 bits per heavy atom. The number of rotatable bonds is 1. The van der Waals surface area contributed by atoms with Crippen LogP contribution in [-0.4, -0.2) is 21.0 Å². The molecule has 0 amide bonds. The maximum Gasteiger partial charge on any atom is 0.345 e. The maximum atomic E-state index is 12.7. The van der Waals surface area contributed by atoms with Gasteiger partial charge in [-0.05, 0) is 6.07 Å². The van der Waals surface area contributed by atoms with Gasteiger partial charge in [-0.15, -0.1) is 11.3 Å². The zero-order chi connectivity index (χ0) is 10.3. The molecule has 0 aromatic carbocycles. The first kappa shape index (κ1) is 9.29. The molecule has 2 aromatic heterocycles. The van der Waals surface area contributed by atoms with E-state index in [4.69, 9.17) is 16.7 Å². The van der Waals surface area contributed by atoms with Gasteiger partial charge in [-0.25, -0.2) is 4.79 Å². The lowest BCUT2D eigenvalue weighted by Crippen LogP contribution is -1.89. The third-order valence-corrected chi connectivity index (χ3v) is 2.83. The molecule has 0 aliphatic rings. The molecule has 0 radical (unpaired) electrons. The van der Waals surface area contributed by atoms with Crippen molar-refractivity contribution in [1.29, 1.82) is 0 Å². The smallest absolute Gasteiger partial charge is 0.345 e. The van der Waals surface area contributed by atoms with Gasteiger partial charge < -0.3 is 5.11 Å². The molecule has 0 fully saturated rings. The third kappa shape index (κ3) is 1.42. The van der Waals surface area contributed by atoms with Crippen molar-refractivity contribution in [2.45, 2.75) is 0 Å². The van der Waals surface area contributed by atoms with Gasteiger partial charge in [0, 0.05) is 5.39 Å². The van der Waals surface area contributed by atoms with E-state index in [1.54, 1.807) is 0 Å². The largest absolute Gasteiger partial charge is 0.477 e. The van der Waals surface area contributed by atoms with Crippen molar-refractivity contribution in [3.05, 3.63) is 22.2 Å². The molecule has 2 rings (SSSR count). The van der Waals surface area contributed by atoms with Crippen LogP contribution in [-0.2, 0) is 0 Å². The predicted octanol–water partition coefficient (Wildman–Crippen LogP) is 2.18. The molecule has 2 heterocycles. The molecule has 7 heteroatoms. The van der Waals surface area contributed by atoms with Crippen LogP contribution < -0.4 is 0 Å². The van der Waals surface area contributed by atoms with Crippen LogP contribution in [0.4, 0.5) is 4.39 Å². The lowest BCUT2D eigenvalue weighted by Gasteiger charge is -1.90. The van der Waals surface area contributed by atoms with Gasteiger partial charge in [0.2, 0.25) is 0 Å². The lowest BCUT2D eigenvalue weighted by atomic mass is 10.4. The van der Waals surface area contributed by atoms with Crippen LogP contribution in [0, 0.1) is 6.08 Å². The summed E-state index contributed by atoms with van der Waals surface area (Å²) in [6.07, 6.45) is -0.957. The first-order valence-corrected chi connectivity index (χ1v) is 4.63. The number of aromatic carboxylic acids is 1. The van der Waals surface area contributed by atoms with Gasteiger partial charge in [-0.1, -0.05) is 11.6 Å². The van der Waals surface area contributed by atoms with Crippen LogP contribution in [0.15, 0.2) is 6.07 Å². The fourth-order valence-corrected chi connectivity index (χ4v) is 2.10. The molecule has 1 N–H and O–H groups in total. The van der Waals surface area contributed by atoms with Gasteiger partial charge in [-0.2, -0.15) is 14.4 Å². The molecule has 0 bridgehead atoms. The summed E-state index contributed by atoms with van der Waals surface area (Å²) >= 11 is 6.46. The lowest BCUT2D eigenvalue weighted by molar-refractivity contribution is 0.0702. The first-order chi connectivity index (χ1) is 6.58. The van der Waals surface area contributed by atoms with Gasteiger partial charge in [-0.3, -0.25) is 0 Å². The molecule has 14 heavy (non-hydrogen) atoms. The van der Waals surface area contributed by atoms with Crippen molar-refractivity contribution in [2.75, 3.05) is 0 Å². The van der Waals surface area contributed by atoms with Crippen molar-refractivity contribution >= 4 is 39.1 Å². The second-order valence-electron chi connectivity index (χ2n) is 2.42. The van der Waals surface area contributed by atoms with E-state index in [2.05, 4.69) is 9.97 Å². The molecular weight excluding hydrogens is 231 g/mol. The van der Waals surface area contributed by atoms with Gasteiger partial charge in [0.1, 0.15) is 14.9 Å². The van der Waals surface area contributed by atoms with Crippen molar-refractivity contribution in [3.8, 4) is 0 Å². The highest BCUT2D eigenvalue weighted by Gasteiger charge is 2.13. The van der Waals surface area contributed by atoms with Crippen molar-refractivity contribution in [1.82, 2.24) is 9.97 Å². The van der Waals surface area contributed by atoms with Crippen molar-refractivity contribution in [3.63, 3.8) is 0 Å². The summed E-state index contributed by atoms with van der Waals surface area (Å²) in [4.78, 5) is 17.6. The number of thiophene rings is 1. The van der Waals surface area contributed by atoms with E-state index < -0.39 is 12.0 Å². The van der Waals surface area contributed by atoms with Crippen LogP contribution in [0.25, 0.3) is 10.2 Å². The number of carboxylic acid groups (broad SMARTS) is 1. The Hall–Kier alpha value is -1.27. The van der Waals surface area contributed by atoms with Crippen molar-refractivity contribution < 1.29 is 14.3 Å². The van der Waals surface area contributed by atoms with Crippen LogP contribution in [0.1, 0.15) is 9.67 Å². The molecular formula is C7H2ClFN2O2S. The number of nitrogens with zero attached hydrogens (tertiary/aromatic N) is 2. The second-order valence-corrected chi connectivity index (χ2v) is 3.81. The standard InChI is InChI=1S/C7H2ClFN2O2S/c8-4-2-1-3(6(12)13)14-5(2)11-7(9)10-4/h1H,(H,12,13). The normalized spacial score (nSPS) is 10.7. The topological polar surface area (TPSA) is 63.1 Å².